The summed E-state index contributed by atoms with van der Waals surface area (Å²) in [5.74, 6) is 0. The summed E-state index contributed by atoms with van der Waals surface area (Å²) in [6, 6.07) is 6.55. The van der Waals surface area contributed by atoms with Crippen LogP contribution in [0.3, 0.4) is 0 Å². The maximum absolute atomic E-state index is 3.50. The average Bonchev–Trinajstić information content (AvgIpc) is 2.16. The van der Waals surface area contributed by atoms with Crippen molar-refractivity contribution in [1.29, 1.82) is 0 Å². The van der Waals surface area contributed by atoms with Crippen molar-refractivity contribution in [2.45, 2.75) is 25.1 Å². The van der Waals surface area contributed by atoms with Crippen molar-refractivity contribution in [2.75, 3.05) is 5.33 Å². The van der Waals surface area contributed by atoms with Crippen LogP contribution in [0.25, 0.3) is 0 Å². The predicted octanol–water partition coefficient (Wildman–Crippen LogP) is 4.22. The topological polar surface area (TPSA) is 0 Å². The molecule has 1 rings (SSSR count). The van der Waals surface area contributed by atoms with Crippen LogP contribution >= 0.6 is 31.9 Å². The maximum Gasteiger partial charge on any atom is 0.0285 e. The monoisotopic (exact) mass is 304 g/mol. The molecule has 72 valence electrons. The van der Waals surface area contributed by atoms with Crippen LogP contribution in [0.4, 0.5) is 0 Å². The van der Waals surface area contributed by atoms with Crippen LogP contribution < -0.4 is 0 Å². The van der Waals surface area contributed by atoms with Gasteiger partial charge in [0.2, 0.25) is 0 Å². The zero-order valence-electron chi connectivity index (χ0n) is 7.82. The van der Waals surface area contributed by atoms with E-state index >= 15 is 0 Å². The molecule has 0 atom stereocenters. The normalized spacial score (nSPS) is 10.4. The van der Waals surface area contributed by atoms with Crippen molar-refractivity contribution in [2.24, 2.45) is 0 Å². The third-order valence-corrected chi connectivity index (χ3v) is 3.45. The van der Waals surface area contributed by atoms with Crippen LogP contribution in [0.2, 0.25) is 0 Å². The fourth-order valence-corrected chi connectivity index (χ4v) is 2.30. The van der Waals surface area contributed by atoms with Gasteiger partial charge in [-0.3, -0.25) is 0 Å². The van der Waals surface area contributed by atoms with E-state index in [0.717, 1.165) is 10.7 Å². The van der Waals surface area contributed by atoms with Crippen LogP contribution in [-0.4, -0.2) is 5.33 Å². The van der Waals surface area contributed by atoms with Gasteiger partial charge >= 0.3 is 0 Å². The summed E-state index contributed by atoms with van der Waals surface area (Å²) in [4.78, 5) is 0. The van der Waals surface area contributed by atoms with E-state index in [1.54, 1.807) is 0 Å². The molecule has 0 aliphatic heterocycles. The SMILES string of the molecule is Cc1c(CBr)cccc1CCCBr. The van der Waals surface area contributed by atoms with Crippen molar-refractivity contribution in [3.05, 3.63) is 34.9 Å². The molecule has 0 nitrogen and oxygen atoms in total. The van der Waals surface area contributed by atoms with Gasteiger partial charge in [0.1, 0.15) is 0 Å². The molecule has 1 aromatic rings. The minimum Gasteiger partial charge on any atom is -0.0928 e. The molecule has 1 aromatic carbocycles. The minimum absolute atomic E-state index is 0.959. The lowest BCUT2D eigenvalue weighted by Gasteiger charge is -2.08. The van der Waals surface area contributed by atoms with Crippen LogP contribution in [0, 0.1) is 6.92 Å². The molecule has 0 radical (unpaired) electrons. The Balaban J connectivity index is 2.81. The van der Waals surface area contributed by atoms with Crippen molar-refractivity contribution < 1.29 is 0 Å². The molecule has 0 aromatic heterocycles. The molecule has 0 unspecified atom stereocenters. The molecule has 0 bridgehead atoms. The fraction of sp³-hybridized carbons (Fsp3) is 0.455. The molecule has 0 heterocycles. The predicted molar refractivity (Wildman–Crippen MR) is 65.9 cm³/mol. The van der Waals surface area contributed by atoms with Gasteiger partial charge < -0.3 is 0 Å². The van der Waals surface area contributed by atoms with Gasteiger partial charge in [-0.25, -0.2) is 0 Å². The second-order valence-corrected chi connectivity index (χ2v) is 4.48. The average molecular weight is 306 g/mol. The summed E-state index contributed by atoms with van der Waals surface area (Å²) < 4.78 is 0. The first-order chi connectivity index (χ1) is 6.29. The Hall–Kier alpha value is 0.180. The molecule has 13 heavy (non-hydrogen) atoms. The summed E-state index contributed by atoms with van der Waals surface area (Å²) in [5, 5.41) is 2.05. The zero-order valence-corrected chi connectivity index (χ0v) is 11.0. The Morgan fingerprint density at radius 3 is 2.46 bits per heavy atom. The van der Waals surface area contributed by atoms with E-state index in [1.165, 1.54) is 29.5 Å². The lowest BCUT2D eigenvalue weighted by molar-refractivity contribution is 0.926. The van der Waals surface area contributed by atoms with Crippen LogP contribution in [0.5, 0.6) is 0 Å². The molecular weight excluding hydrogens is 292 g/mol. The third-order valence-electron chi connectivity index (χ3n) is 2.28. The number of hydrogen-bond donors (Lipinski definition) is 0. The molecule has 0 fully saturated rings. The molecule has 0 aliphatic carbocycles. The Morgan fingerprint density at radius 1 is 1.15 bits per heavy atom. The van der Waals surface area contributed by atoms with E-state index in [4.69, 9.17) is 0 Å². The summed E-state index contributed by atoms with van der Waals surface area (Å²) in [6.45, 7) is 2.21. The highest BCUT2D eigenvalue weighted by Gasteiger charge is 2.01. The highest BCUT2D eigenvalue weighted by Crippen LogP contribution is 2.17. The maximum atomic E-state index is 3.50. The van der Waals surface area contributed by atoms with Crippen LogP contribution in [0.15, 0.2) is 18.2 Å². The molecule has 0 spiro atoms. The van der Waals surface area contributed by atoms with Gasteiger partial charge in [-0.15, -0.1) is 0 Å². The molecule has 0 amide bonds. The van der Waals surface area contributed by atoms with Crippen molar-refractivity contribution in [3.63, 3.8) is 0 Å². The Bertz CT molecular complexity index is 269. The van der Waals surface area contributed by atoms with E-state index in [1.807, 2.05) is 0 Å². The van der Waals surface area contributed by atoms with Crippen molar-refractivity contribution >= 4 is 31.9 Å². The zero-order chi connectivity index (χ0) is 9.68. The second kappa shape index (κ2) is 5.82. The molecule has 0 aliphatic rings. The second-order valence-electron chi connectivity index (χ2n) is 3.13. The van der Waals surface area contributed by atoms with E-state index in [9.17, 15) is 0 Å². The van der Waals surface area contributed by atoms with Crippen molar-refractivity contribution in [1.82, 2.24) is 0 Å². The molecule has 0 saturated heterocycles. The van der Waals surface area contributed by atoms with E-state index in [0.29, 0.717) is 0 Å². The quantitative estimate of drug-likeness (QED) is 0.731. The first-order valence-corrected chi connectivity index (χ1v) is 6.73. The summed E-state index contributed by atoms with van der Waals surface area (Å²) in [7, 11) is 0. The Labute approximate surface area is 97.0 Å². The van der Waals surface area contributed by atoms with E-state index in [-0.39, 0.29) is 0 Å². The Morgan fingerprint density at radius 2 is 1.85 bits per heavy atom. The summed E-state index contributed by atoms with van der Waals surface area (Å²) >= 11 is 6.96. The first-order valence-electron chi connectivity index (χ1n) is 4.49. The molecule has 2 heteroatoms. The molecule has 0 N–H and O–H groups in total. The number of halogens is 2. The lowest BCUT2D eigenvalue weighted by atomic mass is 10.0. The van der Waals surface area contributed by atoms with Crippen molar-refractivity contribution in [3.8, 4) is 0 Å². The smallest absolute Gasteiger partial charge is 0.0285 e. The van der Waals surface area contributed by atoms with Crippen LogP contribution in [0.1, 0.15) is 23.1 Å². The van der Waals surface area contributed by atoms with E-state index < -0.39 is 0 Å². The van der Waals surface area contributed by atoms with Gasteiger partial charge in [-0.1, -0.05) is 50.1 Å². The first kappa shape index (κ1) is 11.3. The standard InChI is InChI=1S/C11H14Br2/c1-9-10(6-3-7-12)4-2-5-11(9)8-13/h2,4-5H,3,6-8H2,1H3. The number of benzene rings is 1. The fourth-order valence-electron chi connectivity index (χ4n) is 1.41. The lowest BCUT2D eigenvalue weighted by Crippen LogP contribution is -1.94. The third kappa shape index (κ3) is 3.10. The number of alkyl halides is 2. The molecule has 0 saturated carbocycles. The van der Waals surface area contributed by atoms with Gasteiger partial charge in [0, 0.05) is 10.7 Å². The Kier molecular flexibility index (Phi) is 5.04. The van der Waals surface area contributed by atoms with Gasteiger partial charge in [0.05, 0.1) is 0 Å². The van der Waals surface area contributed by atoms with Gasteiger partial charge in [0.15, 0.2) is 0 Å². The van der Waals surface area contributed by atoms with Gasteiger partial charge in [-0.05, 0) is 36.5 Å². The summed E-state index contributed by atoms with van der Waals surface area (Å²) in [6.07, 6.45) is 2.39. The largest absolute Gasteiger partial charge is 0.0928 e. The van der Waals surface area contributed by atoms with E-state index in [2.05, 4.69) is 57.0 Å². The highest BCUT2D eigenvalue weighted by atomic mass is 79.9. The number of aryl methyl sites for hydroxylation is 1. The minimum atomic E-state index is 0.959. The van der Waals surface area contributed by atoms with Crippen LogP contribution in [-0.2, 0) is 11.8 Å². The number of hydrogen-bond acceptors (Lipinski definition) is 0. The summed E-state index contributed by atoms with van der Waals surface area (Å²) in [5.41, 5.74) is 4.34. The highest BCUT2D eigenvalue weighted by molar-refractivity contribution is 9.09. The van der Waals surface area contributed by atoms with Gasteiger partial charge in [0.25, 0.3) is 0 Å². The number of rotatable bonds is 4. The van der Waals surface area contributed by atoms with Gasteiger partial charge in [-0.2, -0.15) is 0 Å². The molecular formula is C11H14Br2.